The molecule has 1 saturated heterocycles. The Bertz CT molecular complexity index is 840. The topological polar surface area (TPSA) is 107 Å². The summed E-state index contributed by atoms with van der Waals surface area (Å²) in [7, 11) is -3.98. The second-order valence-electron chi connectivity index (χ2n) is 7.10. The molecule has 2 aliphatic rings. The lowest BCUT2D eigenvalue weighted by Gasteiger charge is -2.44. The average molecular weight is 415 g/mol. The summed E-state index contributed by atoms with van der Waals surface area (Å²) < 4.78 is 28.0. The molecule has 1 aliphatic heterocycles. The molecule has 0 unspecified atom stereocenters. The number of hydrogen-bond acceptors (Lipinski definition) is 5. The predicted molar refractivity (Wildman–Crippen MR) is 99.8 cm³/mol. The molecule has 1 amide bonds. The van der Waals surface area contributed by atoms with Crippen LogP contribution in [0.15, 0.2) is 23.1 Å². The highest BCUT2D eigenvalue weighted by Gasteiger charge is 2.35. The van der Waals surface area contributed by atoms with Crippen LogP contribution in [-0.2, 0) is 19.6 Å². The Morgan fingerprint density at radius 2 is 1.89 bits per heavy atom. The second-order valence-corrected chi connectivity index (χ2v) is 9.07. The maximum atomic E-state index is 12.6. The van der Waals surface area contributed by atoms with Gasteiger partial charge in [0.15, 0.2) is 6.61 Å². The zero-order valence-electron chi connectivity index (χ0n) is 14.9. The standard InChI is InChI=1S/C18H23ClN2O5S/c19-15-8-7-13(27(20,24)25)10-14(15)18(23)26-11-17(22)21-9-3-5-12-4-1-2-6-16(12)21/h7-8,10,12,16H,1-6,9,11H2,(H2,20,24,25)/t12-,16+/m1/s1. The van der Waals surface area contributed by atoms with Gasteiger partial charge in [-0.15, -0.1) is 0 Å². The molecule has 2 atom stereocenters. The Labute approximate surface area is 163 Å². The van der Waals surface area contributed by atoms with Crippen molar-refractivity contribution in [2.24, 2.45) is 11.1 Å². The first kappa shape index (κ1) is 20.1. The van der Waals surface area contributed by atoms with Gasteiger partial charge in [-0.1, -0.05) is 24.4 Å². The quantitative estimate of drug-likeness (QED) is 0.761. The number of fused-ring (bicyclic) bond motifs is 1. The minimum absolute atomic E-state index is 0.0326. The van der Waals surface area contributed by atoms with E-state index in [9.17, 15) is 18.0 Å². The largest absolute Gasteiger partial charge is 0.452 e. The Hall–Kier alpha value is -1.64. The average Bonchev–Trinajstić information content (AvgIpc) is 2.64. The van der Waals surface area contributed by atoms with Gasteiger partial charge in [-0.2, -0.15) is 0 Å². The molecule has 3 rings (SSSR count). The number of amides is 1. The Balaban J connectivity index is 1.66. The van der Waals surface area contributed by atoms with Crippen LogP contribution in [0.3, 0.4) is 0 Å². The van der Waals surface area contributed by atoms with E-state index >= 15 is 0 Å². The van der Waals surface area contributed by atoms with Crippen molar-refractivity contribution in [3.05, 3.63) is 28.8 Å². The first-order chi connectivity index (χ1) is 12.8. The molecule has 9 heteroatoms. The van der Waals surface area contributed by atoms with Gasteiger partial charge < -0.3 is 9.64 Å². The first-order valence-electron chi connectivity index (χ1n) is 9.06. The van der Waals surface area contributed by atoms with Crippen molar-refractivity contribution in [1.82, 2.24) is 4.90 Å². The molecule has 0 radical (unpaired) electrons. The molecule has 1 aromatic carbocycles. The summed E-state index contributed by atoms with van der Waals surface area (Å²) in [5.74, 6) is -0.539. The number of likely N-dealkylation sites (tertiary alicyclic amines) is 1. The van der Waals surface area contributed by atoms with E-state index in [0.29, 0.717) is 12.5 Å². The van der Waals surface area contributed by atoms with E-state index < -0.39 is 22.6 Å². The lowest BCUT2D eigenvalue weighted by Crippen LogP contribution is -2.50. The molecule has 1 saturated carbocycles. The van der Waals surface area contributed by atoms with E-state index in [0.717, 1.165) is 38.2 Å². The van der Waals surface area contributed by atoms with Crippen LogP contribution in [0.2, 0.25) is 5.02 Å². The van der Waals surface area contributed by atoms with Crippen molar-refractivity contribution in [2.45, 2.75) is 49.5 Å². The molecule has 7 nitrogen and oxygen atoms in total. The number of nitrogens with two attached hydrogens (primary N) is 1. The van der Waals surface area contributed by atoms with Gasteiger partial charge in [0.1, 0.15) is 0 Å². The number of halogens is 1. The SMILES string of the molecule is NS(=O)(=O)c1ccc(Cl)c(C(=O)OCC(=O)N2CCC[C@H]3CCCC[C@@H]32)c1. The highest BCUT2D eigenvalue weighted by atomic mass is 35.5. The van der Waals surface area contributed by atoms with E-state index in [1.54, 1.807) is 0 Å². The molecule has 0 aromatic heterocycles. The van der Waals surface area contributed by atoms with Crippen molar-refractivity contribution < 1.29 is 22.7 Å². The molecule has 0 spiro atoms. The van der Waals surface area contributed by atoms with Crippen LogP contribution < -0.4 is 5.14 Å². The van der Waals surface area contributed by atoms with Crippen LogP contribution >= 0.6 is 11.6 Å². The van der Waals surface area contributed by atoms with Crippen LogP contribution in [-0.4, -0.2) is 44.4 Å². The lowest BCUT2D eigenvalue weighted by atomic mass is 9.78. The third-order valence-corrected chi connectivity index (χ3v) is 6.62. The highest BCUT2D eigenvalue weighted by molar-refractivity contribution is 7.89. The Morgan fingerprint density at radius 3 is 2.63 bits per heavy atom. The minimum Gasteiger partial charge on any atom is -0.452 e. The van der Waals surface area contributed by atoms with E-state index in [-0.39, 0.29) is 27.4 Å². The van der Waals surface area contributed by atoms with Crippen molar-refractivity contribution >= 4 is 33.5 Å². The van der Waals surface area contributed by atoms with Crippen molar-refractivity contribution in [1.29, 1.82) is 0 Å². The maximum absolute atomic E-state index is 12.6. The van der Waals surface area contributed by atoms with Crippen molar-refractivity contribution in [3.63, 3.8) is 0 Å². The summed E-state index contributed by atoms with van der Waals surface area (Å²) >= 11 is 5.96. The zero-order chi connectivity index (χ0) is 19.6. The minimum atomic E-state index is -3.98. The molecule has 1 aliphatic carbocycles. The van der Waals surface area contributed by atoms with Gasteiger partial charge in [-0.05, 0) is 49.8 Å². The van der Waals surface area contributed by atoms with Crippen molar-refractivity contribution in [3.8, 4) is 0 Å². The van der Waals surface area contributed by atoms with Crippen LogP contribution in [0.1, 0.15) is 48.9 Å². The predicted octanol–water partition coefficient (Wildman–Crippen LogP) is 2.33. The third kappa shape index (κ3) is 4.62. The lowest BCUT2D eigenvalue weighted by molar-refractivity contribution is -0.140. The number of benzene rings is 1. The fourth-order valence-corrected chi connectivity index (χ4v) is 4.79. The fourth-order valence-electron chi connectivity index (χ4n) is 4.06. The number of piperidine rings is 1. The number of rotatable bonds is 4. The summed E-state index contributed by atoms with van der Waals surface area (Å²) in [5.41, 5.74) is -0.134. The number of sulfonamides is 1. The number of esters is 1. The van der Waals surface area contributed by atoms with Crippen LogP contribution in [0.25, 0.3) is 0 Å². The number of carbonyl (C=O) groups is 2. The van der Waals surface area contributed by atoms with E-state index in [1.807, 2.05) is 4.90 Å². The number of ether oxygens (including phenoxy) is 1. The van der Waals surface area contributed by atoms with Gasteiger partial charge in [-0.25, -0.2) is 18.4 Å². The first-order valence-corrected chi connectivity index (χ1v) is 11.0. The fraction of sp³-hybridized carbons (Fsp3) is 0.556. The molecule has 2 N–H and O–H groups in total. The number of carbonyl (C=O) groups excluding carboxylic acids is 2. The van der Waals surface area contributed by atoms with E-state index in [4.69, 9.17) is 21.5 Å². The molecular formula is C18H23ClN2O5S. The zero-order valence-corrected chi connectivity index (χ0v) is 16.5. The van der Waals surface area contributed by atoms with Crippen LogP contribution in [0, 0.1) is 5.92 Å². The summed E-state index contributed by atoms with van der Waals surface area (Å²) in [5, 5.41) is 5.11. The summed E-state index contributed by atoms with van der Waals surface area (Å²) in [6.45, 7) is 0.289. The van der Waals surface area contributed by atoms with E-state index in [2.05, 4.69) is 0 Å². The molecule has 148 valence electrons. The number of nitrogens with zero attached hydrogens (tertiary/aromatic N) is 1. The molecule has 0 bridgehead atoms. The van der Waals surface area contributed by atoms with Gasteiger partial charge in [0.2, 0.25) is 10.0 Å². The third-order valence-electron chi connectivity index (χ3n) is 5.38. The normalized spacial score (nSPS) is 22.8. The Morgan fingerprint density at radius 1 is 1.19 bits per heavy atom. The van der Waals surface area contributed by atoms with E-state index in [1.165, 1.54) is 18.6 Å². The summed E-state index contributed by atoms with van der Waals surface area (Å²) in [6.07, 6.45) is 6.56. The van der Waals surface area contributed by atoms with Gasteiger partial charge in [0.25, 0.3) is 5.91 Å². The van der Waals surface area contributed by atoms with Crippen LogP contribution in [0.4, 0.5) is 0 Å². The van der Waals surface area contributed by atoms with Crippen LogP contribution in [0.5, 0.6) is 0 Å². The Kier molecular flexibility index (Phi) is 6.08. The highest BCUT2D eigenvalue weighted by Crippen LogP contribution is 2.35. The van der Waals surface area contributed by atoms with Gasteiger partial charge in [0.05, 0.1) is 15.5 Å². The smallest absolute Gasteiger partial charge is 0.340 e. The molecule has 27 heavy (non-hydrogen) atoms. The van der Waals surface area contributed by atoms with Gasteiger partial charge >= 0.3 is 5.97 Å². The molecule has 2 fully saturated rings. The molecule has 1 aromatic rings. The maximum Gasteiger partial charge on any atom is 0.340 e. The summed E-state index contributed by atoms with van der Waals surface area (Å²) in [6, 6.07) is 3.75. The monoisotopic (exact) mass is 414 g/mol. The van der Waals surface area contributed by atoms with Crippen molar-refractivity contribution in [2.75, 3.05) is 13.2 Å². The molecule has 1 heterocycles. The number of primary sulfonamides is 1. The van der Waals surface area contributed by atoms with Gasteiger partial charge in [-0.3, -0.25) is 4.79 Å². The summed E-state index contributed by atoms with van der Waals surface area (Å²) in [4.78, 5) is 26.5. The second kappa shape index (κ2) is 8.16. The molecular weight excluding hydrogens is 392 g/mol. The van der Waals surface area contributed by atoms with Gasteiger partial charge in [0, 0.05) is 12.6 Å². The number of hydrogen-bond donors (Lipinski definition) is 1.